The van der Waals surface area contributed by atoms with Gasteiger partial charge in [-0.05, 0) is 42.4 Å². The van der Waals surface area contributed by atoms with Crippen molar-refractivity contribution in [3.63, 3.8) is 0 Å². The van der Waals surface area contributed by atoms with Gasteiger partial charge in [0.05, 0.1) is 6.61 Å². The van der Waals surface area contributed by atoms with Crippen LogP contribution < -0.4 is 4.74 Å². The van der Waals surface area contributed by atoms with E-state index in [0.29, 0.717) is 0 Å². The van der Waals surface area contributed by atoms with E-state index in [9.17, 15) is 0 Å². The summed E-state index contributed by atoms with van der Waals surface area (Å²) in [5, 5.41) is 10.5. The Morgan fingerprint density at radius 1 is 1.36 bits per heavy atom. The number of hydrogen-bond donors (Lipinski definition) is 0. The average Bonchev–Trinajstić information content (AvgIpc) is 2.21. The molecule has 0 atom stereocenters. The Kier molecular flexibility index (Phi) is 4.95. The number of unbranched alkanes of at least 4 members (excludes halogenated alkanes) is 1. The largest absolute Gasteiger partial charge is 0.494 e. The van der Waals surface area contributed by atoms with Gasteiger partial charge in [-0.2, -0.15) is 5.26 Å². The van der Waals surface area contributed by atoms with Gasteiger partial charge in [0.2, 0.25) is 0 Å². The molecule has 0 saturated heterocycles. The lowest BCUT2D eigenvalue weighted by molar-refractivity contribution is 0.309. The van der Waals surface area contributed by atoms with Crippen molar-refractivity contribution in [2.75, 3.05) is 6.61 Å². The second kappa shape index (κ2) is 6.33. The molecule has 0 spiro atoms. The number of thiocyanates is 1. The second-order valence-corrected chi connectivity index (χ2v) is 3.72. The summed E-state index contributed by atoms with van der Waals surface area (Å²) in [5.41, 5.74) is 0. The van der Waals surface area contributed by atoms with Crippen LogP contribution in [-0.2, 0) is 0 Å². The number of ether oxygens (including phenoxy) is 1. The first-order chi connectivity index (χ1) is 6.86. The van der Waals surface area contributed by atoms with Gasteiger partial charge in [0.25, 0.3) is 0 Å². The molecule has 1 aromatic rings. The van der Waals surface area contributed by atoms with Crippen LogP contribution in [-0.4, -0.2) is 6.61 Å². The molecule has 0 heterocycles. The van der Waals surface area contributed by atoms with Crippen molar-refractivity contribution in [1.29, 1.82) is 5.26 Å². The Balaban J connectivity index is 2.43. The van der Waals surface area contributed by atoms with E-state index in [4.69, 9.17) is 10.00 Å². The van der Waals surface area contributed by atoms with Crippen molar-refractivity contribution in [3.05, 3.63) is 24.3 Å². The van der Waals surface area contributed by atoms with Crippen molar-refractivity contribution in [3.8, 4) is 11.2 Å². The molecule has 0 aliphatic heterocycles. The minimum atomic E-state index is 0.765. The second-order valence-electron chi connectivity index (χ2n) is 2.87. The maximum absolute atomic E-state index is 8.44. The molecule has 0 radical (unpaired) electrons. The maximum atomic E-state index is 8.44. The molecule has 1 rings (SSSR count). The van der Waals surface area contributed by atoms with E-state index in [2.05, 4.69) is 6.92 Å². The molecule has 0 N–H and O–H groups in total. The molecule has 0 aliphatic rings. The first kappa shape index (κ1) is 10.9. The van der Waals surface area contributed by atoms with Crippen LogP contribution in [0.1, 0.15) is 19.8 Å². The van der Waals surface area contributed by atoms with Gasteiger partial charge >= 0.3 is 0 Å². The lowest BCUT2D eigenvalue weighted by Gasteiger charge is -2.04. The van der Waals surface area contributed by atoms with Crippen molar-refractivity contribution in [2.24, 2.45) is 0 Å². The van der Waals surface area contributed by atoms with Crippen LogP contribution in [0.15, 0.2) is 29.2 Å². The van der Waals surface area contributed by atoms with Crippen LogP contribution in [0.25, 0.3) is 0 Å². The van der Waals surface area contributed by atoms with Crippen molar-refractivity contribution in [1.82, 2.24) is 0 Å². The Morgan fingerprint density at radius 2 is 2.07 bits per heavy atom. The fourth-order valence-electron chi connectivity index (χ4n) is 0.991. The SMILES string of the molecule is CCCCOc1ccc(SC#N)cc1. The fourth-order valence-corrected chi connectivity index (χ4v) is 1.37. The molecule has 0 bridgehead atoms. The number of benzene rings is 1. The Labute approximate surface area is 88.9 Å². The van der Waals surface area contributed by atoms with Crippen LogP contribution in [0.3, 0.4) is 0 Å². The van der Waals surface area contributed by atoms with Gasteiger partial charge in [0, 0.05) is 4.90 Å². The quantitative estimate of drug-likeness (QED) is 0.421. The highest BCUT2D eigenvalue weighted by atomic mass is 32.2. The Morgan fingerprint density at radius 3 is 2.64 bits per heavy atom. The summed E-state index contributed by atoms with van der Waals surface area (Å²) in [7, 11) is 0. The summed E-state index contributed by atoms with van der Waals surface area (Å²) in [6.45, 7) is 2.90. The van der Waals surface area contributed by atoms with Gasteiger partial charge in [-0.15, -0.1) is 0 Å². The molecule has 74 valence electrons. The standard InChI is InChI=1S/C11H13NOS/c1-2-3-8-13-10-4-6-11(7-5-10)14-9-12/h4-7H,2-3,8H2,1H3. The zero-order valence-electron chi connectivity index (χ0n) is 8.19. The number of hydrogen-bond acceptors (Lipinski definition) is 3. The molecule has 1 aromatic carbocycles. The Bertz CT molecular complexity index is 302. The van der Waals surface area contributed by atoms with Gasteiger partial charge < -0.3 is 4.74 Å². The molecule has 0 unspecified atom stereocenters. The van der Waals surface area contributed by atoms with E-state index in [1.54, 1.807) is 0 Å². The third kappa shape index (κ3) is 3.71. The monoisotopic (exact) mass is 207 g/mol. The molecule has 3 heteroatoms. The summed E-state index contributed by atoms with van der Waals surface area (Å²) >= 11 is 1.16. The zero-order valence-corrected chi connectivity index (χ0v) is 9.01. The summed E-state index contributed by atoms with van der Waals surface area (Å²) < 4.78 is 5.49. The molecule has 0 aliphatic carbocycles. The van der Waals surface area contributed by atoms with Gasteiger partial charge in [-0.25, -0.2) is 0 Å². The zero-order chi connectivity index (χ0) is 10.2. The normalized spacial score (nSPS) is 9.43. The minimum absolute atomic E-state index is 0.765. The third-order valence-electron chi connectivity index (χ3n) is 1.75. The summed E-state index contributed by atoms with van der Waals surface area (Å²) in [6, 6.07) is 7.59. The van der Waals surface area contributed by atoms with E-state index < -0.39 is 0 Å². The fraction of sp³-hybridized carbons (Fsp3) is 0.364. The van der Waals surface area contributed by atoms with Gasteiger partial charge in [0.1, 0.15) is 11.2 Å². The smallest absolute Gasteiger partial charge is 0.138 e. The lowest BCUT2D eigenvalue weighted by atomic mass is 10.3. The van der Waals surface area contributed by atoms with E-state index in [1.807, 2.05) is 29.7 Å². The van der Waals surface area contributed by atoms with Crippen LogP contribution in [0.5, 0.6) is 5.75 Å². The number of rotatable bonds is 5. The highest BCUT2D eigenvalue weighted by molar-refractivity contribution is 8.03. The van der Waals surface area contributed by atoms with E-state index in [0.717, 1.165) is 41.9 Å². The number of thioether (sulfide) groups is 1. The van der Waals surface area contributed by atoms with E-state index in [1.165, 1.54) is 0 Å². The van der Waals surface area contributed by atoms with Gasteiger partial charge in [0.15, 0.2) is 0 Å². The van der Waals surface area contributed by atoms with Gasteiger partial charge in [-0.3, -0.25) is 0 Å². The first-order valence-electron chi connectivity index (χ1n) is 4.65. The van der Waals surface area contributed by atoms with Crippen molar-refractivity contribution in [2.45, 2.75) is 24.7 Å². The highest BCUT2D eigenvalue weighted by Crippen LogP contribution is 2.20. The van der Waals surface area contributed by atoms with Crippen LogP contribution in [0.4, 0.5) is 0 Å². The topological polar surface area (TPSA) is 33.0 Å². The molecular formula is C11H13NOS. The molecule has 2 nitrogen and oxygen atoms in total. The number of nitriles is 1. The molecule has 0 fully saturated rings. The Hall–Kier alpha value is -1.14. The third-order valence-corrected chi connectivity index (χ3v) is 2.35. The lowest BCUT2D eigenvalue weighted by Crippen LogP contribution is -1.95. The van der Waals surface area contributed by atoms with Crippen LogP contribution >= 0.6 is 11.8 Å². The molecule has 14 heavy (non-hydrogen) atoms. The summed E-state index contributed by atoms with van der Waals surface area (Å²) in [5.74, 6) is 0.876. The molecule has 0 aromatic heterocycles. The maximum Gasteiger partial charge on any atom is 0.138 e. The molecule has 0 saturated carbocycles. The summed E-state index contributed by atoms with van der Waals surface area (Å²) in [4.78, 5) is 0.954. The predicted octanol–water partition coefficient (Wildman–Crippen LogP) is 3.44. The van der Waals surface area contributed by atoms with Crippen molar-refractivity contribution < 1.29 is 4.74 Å². The van der Waals surface area contributed by atoms with Gasteiger partial charge in [-0.1, -0.05) is 13.3 Å². The molecule has 0 amide bonds. The van der Waals surface area contributed by atoms with Crippen LogP contribution in [0.2, 0.25) is 0 Å². The number of nitrogens with zero attached hydrogens (tertiary/aromatic N) is 1. The minimum Gasteiger partial charge on any atom is -0.494 e. The first-order valence-corrected chi connectivity index (χ1v) is 5.47. The van der Waals surface area contributed by atoms with Crippen LogP contribution in [0, 0.1) is 10.7 Å². The van der Waals surface area contributed by atoms with E-state index >= 15 is 0 Å². The highest BCUT2D eigenvalue weighted by Gasteiger charge is 1.95. The van der Waals surface area contributed by atoms with E-state index in [-0.39, 0.29) is 0 Å². The molecular weight excluding hydrogens is 194 g/mol. The average molecular weight is 207 g/mol. The van der Waals surface area contributed by atoms with Crippen molar-refractivity contribution >= 4 is 11.8 Å². The predicted molar refractivity (Wildman–Crippen MR) is 58.3 cm³/mol. The summed E-state index contributed by atoms with van der Waals surface area (Å²) in [6.07, 6.45) is 2.22.